The van der Waals surface area contributed by atoms with Crippen LogP contribution < -0.4 is 4.57 Å². The summed E-state index contributed by atoms with van der Waals surface area (Å²) in [4.78, 5) is 4.54. The van der Waals surface area contributed by atoms with Crippen molar-refractivity contribution in [2.24, 2.45) is 7.05 Å². The second kappa shape index (κ2) is 6.42. The Bertz CT molecular complexity index is 1270. The van der Waals surface area contributed by atoms with Crippen molar-refractivity contribution in [2.75, 3.05) is 0 Å². The maximum atomic E-state index is 9.52. The normalized spacial score (nSPS) is 11.7. The minimum atomic E-state index is 0.0152. The Hall–Kier alpha value is -3.25. The molecule has 0 amide bonds. The van der Waals surface area contributed by atoms with E-state index in [-0.39, 0.29) is 5.41 Å². The highest BCUT2D eigenvalue weighted by Crippen LogP contribution is 2.38. The van der Waals surface area contributed by atoms with E-state index < -0.39 is 0 Å². The van der Waals surface area contributed by atoms with Crippen LogP contribution in [-0.2, 0) is 12.5 Å². The Morgan fingerprint density at radius 3 is 2.32 bits per heavy atom. The molecule has 0 saturated carbocycles. The number of aromatic nitrogens is 2. The number of hydrogen-bond acceptors (Lipinski definition) is 2. The van der Waals surface area contributed by atoms with Gasteiger partial charge in [0.1, 0.15) is 17.3 Å². The summed E-state index contributed by atoms with van der Waals surface area (Å²) in [5, 5.41) is 13.1. The van der Waals surface area contributed by atoms with Crippen molar-refractivity contribution in [3.05, 3.63) is 71.5 Å². The first-order valence-corrected chi connectivity index (χ1v) is 9.53. The fourth-order valence-corrected chi connectivity index (χ4v) is 4.08. The van der Waals surface area contributed by atoms with Gasteiger partial charge in [-0.3, -0.25) is 0 Å². The molecule has 3 aromatic carbocycles. The lowest BCUT2D eigenvalue weighted by Crippen LogP contribution is -2.32. The molecule has 28 heavy (non-hydrogen) atoms. The molecule has 0 saturated heterocycles. The van der Waals surface area contributed by atoms with E-state index >= 15 is 0 Å². The van der Waals surface area contributed by atoms with Crippen molar-refractivity contribution >= 4 is 21.7 Å². The van der Waals surface area contributed by atoms with Crippen LogP contribution in [0.25, 0.3) is 32.9 Å². The largest absolute Gasteiger partial charge is 0.287 e. The van der Waals surface area contributed by atoms with Crippen molar-refractivity contribution in [1.29, 1.82) is 5.26 Å². The van der Waals surface area contributed by atoms with Gasteiger partial charge in [0.2, 0.25) is 5.52 Å². The molecule has 0 aliphatic heterocycles. The van der Waals surface area contributed by atoms with Gasteiger partial charge in [0.25, 0.3) is 6.33 Å². The zero-order valence-electron chi connectivity index (χ0n) is 17.0. The third-order valence-corrected chi connectivity index (χ3v) is 5.50. The summed E-state index contributed by atoms with van der Waals surface area (Å²) in [5.41, 5.74) is 6.22. The number of aryl methyl sites for hydroxylation is 2. The topological polar surface area (TPSA) is 40.6 Å². The molecule has 3 heteroatoms. The molecule has 3 nitrogen and oxygen atoms in total. The lowest BCUT2D eigenvalue weighted by atomic mass is 9.80. The highest BCUT2D eigenvalue weighted by atomic mass is 15.0. The average molecular weight is 366 g/mol. The third kappa shape index (κ3) is 2.73. The number of rotatable bonds is 1. The first kappa shape index (κ1) is 18.1. The molecule has 0 radical (unpaired) electrons. The number of nitrogens with zero attached hydrogens (tertiary/aromatic N) is 3. The van der Waals surface area contributed by atoms with Gasteiger partial charge < -0.3 is 0 Å². The molecule has 1 aromatic heterocycles. The van der Waals surface area contributed by atoms with Gasteiger partial charge in [-0.2, -0.15) is 5.26 Å². The maximum absolute atomic E-state index is 9.52. The molecule has 0 atom stereocenters. The van der Waals surface area contributed by atoms with Crippen molar-refractivity contribution in [3.63, 3.8) is 0 Å². The van der Waals surface area contributed by atoms with E-state index in [1.54, 1.807) is 0 Å². The Labute approximate surface area is 165 Å². The monoisotopic (exact) mass is 366 g/mol. The number of para-hydroxylation sites is 1. The van der Waals surface area contributed by atoms with Crippen LogP contribution in [0.1, 0.15) is 37.5 Å². The minimum absolute atomic E-state index is 0.0152. The Morgan fingerprint density at radius 2 is 1.64 bits per heavy atom. The molecule has 4 aromatic rings. The molecule has 0 bridgehead atoms. The first-order chi connectivity index (χ1) is 13.3. The number of benzene rings is 3. The van der Waals surface area contributed by atoms with Crippen molar-refractivity contribution in [2.45, 2.75) is 33.1 Å². The van der Waals surface area contributed by atoms with Crippen LogP contribution in [0.15, 0.2) is 54.9 Å². The van der Waals surface area contributed by atoms with Gasteiger partial charge >= 0.3 is 0 Å². The third-order valence-electron chi connectivity index (χ3n) is 5.50. The van der Waals surface area contributed by atoms with Gasteiger partial charge in [-0.1, -0.05) is 51.1 Å². The average Bonchev–Trinajstić information content (AvgIpc) is 2.67. The van der Waals surface area contributed by atoms with Crippen molar-refractivity contribution < 1.29 is 4.57 Å². The Balaban J connectivity index is 2.19. The summed E-state index contributed by atoms with van der Waals surface area (Å²) in [6.45, 7) is 8.95. The van der Waals surface area contributed by atoms with Gasteiger partial charge in [0, 0.05) is 5.56 Å². The quantitative estimate of drug-likeness (QED) is 0.426. The zero-order chi connectivity index (χ0) is 20.1. The van der Waals surface area contributed by atoms with E-state index in [0.29, 0.717) is 5.56 Å². The second-order valence-electron chi connectivity index (χ2n) is 8.41. The number of hydrogen-bond donors (Lipinski definition) is 0. The molecule has 0 aliphatic rings. The summed E-state index contributed by atoms with van der Waals surface area (Å²) in [6, 6.07) is 19.0. The van der Waals surface area contributed by atoms with E-state index in [9.17, 15) is 5.26 Å². The predicted molar refractivity (Wildman–Crippen MR) is 114 cm³/mol. The molecular weight excluding hydrogens is 342 g/mol. The molecule has 0 N–H and O–H groups in total. The lowest BCUT2D eigenvalue weighted by molar-refractivity contribution is -0.662. The summed E-state index contributed by atoms with van der Waals surface area (Å²) in [5.74, 6) is 0. The number of fused-ring (bicyclic) bond motifs is 2. The standard InChI is InChI=1S/C25H24N3/c1-16-18-10-6-7-11-19(18)22(25(2,3)4)13-21(16)24-20-12-8-9-17(14-26)23(20)27-15-28(24)5/h6-13,15H,1-5H3/q+1. The summed E-state index contributed by atoms with van der Waals surface area (Å²) in [7, 11) is 2.02. The Morgan fingerprint density at radius 1 is 0.964 bits per heavy atom. The molecule has 0 spiro atoms. The van der Waals surface area contributed by atoms with E-state index in [1.807, 2.05) is 25.5 Å². The van der Waals surface area contributed by atoms with Crippen LogP contribution in [0.3, 0.4) is 0 Å². The highest BCUT2D eigenvalue weighted by molar-refractivity contribution is 5.99. The van der Waals surface area contributed by atoms with Crippen LogP contribution in [0, 0.1) is 18.3 Å². The number of nitriles is 1. The van der Waals surface area contributed by atoms with Crippen LogP contribution in [0.5, 0.6) is 0 Å². The minimum Gasteiger partial charge on any atom is -0.232 e. The SMILES string of the molecule is Cc1c(-c2c3cccc(C#N)c3nc[n+]2C)cc(C(C)(C)C)c2ccccc12. The fourth-order valence-electron chi connectivity index (χ4n) is 4.08. The van der Waals surface area contributed by atoms with Crippen LogP contribution in [0.4, 0.5) is 0 Å². The Kier molecular flexibility index (Phi) is 4.16. The van der Waals surface area contributed by atoms with Gasteiger partial charge in [0.05, 0.1) is 12.4 Å². The van der Waals surface area contributed by atoms with E-state index in [2.05, 4.69) is 79.7 Å². The smallest absolute Gasteiger partial charge is 0.232 e. The molecular formula is C25H24N3+. The summed E-state index contributed by atoms with van der Waals surface area (Å²) in [6.07, 6.45) is 1.81. The molecule has 1 heterocycles. The summed E-state index contributed by atoms with van der Waals surface area (Å²) >= 11 is 0. The van der Waals surface area contributed by atoms with Crippen LogP contribution in [-0.4, -0.2) is 4.98 Å². The van der Waals surface area contributed by atoms with E-state index in [0.717, 1.165) is 16.6 Å². The first-order valence-electron chi connectivity index (χ1n) is 9.53. The van der Waals surface area contributed by atoms with Crippen LogP contribution in [0.2, 0.25) is 0 Å². The molecule has 0 aliphatic carbocycles. The summed E-state index contributed by atoms with van der Waals surface area (Å²) < 4.78 is 2.06. The van der Waals surface area contributed by atoms with E-state index in [1.165, 1.54) is 27.5 Å². The second-order valence-corrected chi connectivity index (χ2v) is 8.41. The van der Waals surface area contributed by atoms with Gasteiger partial charge in [-0.25, -0.2) is 4.57 Å². The lowest BCUT2D eigenvalue weighted by Gasteiger charge is -2.24. The highest BCUT2D eigenvalue weighted by Gasteiger charge is 2.24. The maximum Gasteiger partial charge on any atom is 0.287 e. The molecule has 0 fully saturated rings. The molecule has 0 unspecified atom stereocenters. The van der Waals surface area contributed by atoms with Crippen LogP contribution >= 0.6 is 0 Å². The zero-order valence-corrected chi connectivity index (χ0v) is 17.0. The van der Waals surface area contributed by atoms with Gasteiger partial charge in [0.15, 0.2) is 0 Å². The fraction of sp³-hybridized carbons (Fsp3) is 0.240. The van der Waals surface area contributed by atoms with Crippen molar-refractivity contribution in [3.8, 4) is 17.3 Å². The van der Waals surface area contributed by atoms with Crippen molar-refractivity contribution in [1.82, 2.24) is 4.98 Å². The van der Waals surface area contributed by atoms with E-state index in [4.69, 9.17) is 0 Å². The van der Waals surface area contributed by atoms with Gasteiger partial charge in [-0.05, 0) is 57.4 Å². The molecule has 4 rings (SSSR count). The predicted octanol–water partition coefficient (Wildman–Crippen LogP) is 5.36. The van der Waals surface area contributed by atoms with Gasteiger partial charge in [-0.15, -0.1) is 0 Å². The molecule has 138 valence electrons.